The average Bonchev–Trinajstić information content (AvgIpc) is 3.22. The summed E-state index contributed by atoms with van der Waals surface area (Å²) in [5.74, 6) is -1.94. The topological polar surface area (TPSA) is 111 Å². The lowest BCUT2D eigenvalue weighted by Gasteiger charge is -2.11. The molecule has 38 heavy (non-hydrogen) atoms. The van der Waals surface area contributed by atoms with Crippen LogP contribution in [0.25, 0.3) is 22.3 Å². The van der Waals surface area contributed by atoms with Crippen LogP contribution in [0.15, 0.2) is 84.0 Å². The van der Waals surface area contributed by atoms with Crippen LogP contribution in [0.3, 0.4) is 0 Å². The van der Waals surface area contributed by atoms with E-state index < -0.39 is 17.7 Å². The van der Waals surface area contributed by atoms with E-state index in [4.69, 9.17) is 0 Å². The second-order valence-corrected chi connectivity index (χ2v) is 9.27. The lowest BCUT2D eigenvalue weighted by molar-refractivity contribution is -0.110. The van der Waals surface area contributed by atoms with Gasteiger partial charge in [0.2, 0.25) is 0 Å². The number of hydrogen-bond acceptors (Lipinski definition) is 5. The van der Waals surface area contributed by atoms with E-state index in [0.717, 1.165) is 11.1 Å². The second kappa shape index (κ2) is 9.82. The molecule has 4 aromatic rings. The third-order valence-corrected chi connectivity index (χ3v) is 6.44. The third kappa shape index (κ3) is 4.59. The molecule has 1 heterocycles. The summed E-state index contributed by atoms with van der Waals surface area (Å²) in [4.78, 5) is 24.2. The van der Waals surface area contributed by atoms with Gasteiger partial charge in [0.25, 0.3) is 5.91 Å². The quantitative estimate of drug-likeness (QED) is 0.176. The number of carbonyl (C=O) groups excluding carboxylic acids is 1. The molecule has 5 rings (SSSR count). The van der Waals surface area contributed by atoms with Gasteiger partial charge in [-0.2, -0.15) is 5.10 Å². The molecule has 4 aromatic carbocycles. The Kier molecular flexibility index (Phi) is 6.38. The number of nitrogens with zero attached hydrogens (tertiary/aromatic N) is 1. The van der Waals surface area contributed by atoms with Crippen LogP contribution in [0.4, 0.5) is 15.8 Å². The lowest BCUT2D eigenvalue weighted by Crippen LogP contribution is -2.16. The molecule has 1 aliphatic rings. The minimum absolute atomic E-state index is 0.0303. The number of carboxylic acid groups (broad SMARTS) is 1. The SMILES string of the molecule is CC(C)c1ccc(-c2cc(F)cc3c2NC(=O)C3=NNc2cccc(-c3cccc(C(=O)O)c3)c2O)cc1. The molecule has 8 heteroatoms. The molecule has 0 bridgehead atoms. The van der Waals surface area contributed by atoms with E-state index in [0.29, 0.717) is 33.9 Å². The summed E-state index contributed by atoms with van der Waals surface area (Å²) in [5, 5.41) is 27.1. The molecule has 0 atom stereocenters. The molecule has 0 unspecified atom stereocenters. The van der Waals surface area contributed by atoms with Crippen molar-refractivity contribution in [2.45, 2.75) is 19.8 Å². The van der Waals surface area contributed by atoms with Gasteiger partial charge in [-0.25, -0.2) is 9.18 Å². The highest BCUT2D eigenvalue weighted by atomic mass is 19.1. The summed E-state index contributed by atoms with van der Waals surface area (Å²) >= 11 is 0. The third-order valence-electron chi connectivity index (χ3n) is 6.44. The highest BCUT2D eigenvalue weighted by molar-refractivity contribution is 6.54. The molecule has 0 spiro atoms. The molecule has 0 aliphatic carbocycles. The molecule has 1 amide bonds. The summed E-state index contributed by atoms with van der Waals surface area (Å²) in [6.07, 6.45) is 0. The van der Waals surface area contributed by atoms with E-state index in [1.807, 2.05) is 24.3 Å². The van der Waals surface area contributed by atoms with Gasteiger partial charge < -0.3 is 15.5 Å². The molecule has 1 aliphatic heterocycles. The van der Waals surface area contributed by atoms with E-state index in [1.165, 1.54) is 24.3 Å². The van der Waals surface area contributed by atoms with Crippen molar-refractivity contribution in [2.24, 2.45) is 5.10 Å². The number of phenolic OH excluding ortho intramolecular Hbond substituents is 1. The van der Waals surface area contributed by atoms with E-state index in [9.17, 15) is 24.2 Å². The number of aromatic hydroxyl groups is 1. The fraction of sp³-hybridized carbons (Fsp3) is 0.100. The summed E-state index contributed by atoms with van der Waals surface area (Å²) in [6.45, 7) is 4.18. The number of benzene rings is 4. The van der Waals surface area contributed by atoms with Gasteiger partial charge in [-0.1, -0.05) is 62.4 Å². The summed E-state index contributed by atoms with van der Waals surface area (Å²) in [6, 6.07) is 21.4. The van der Waals surface area contributed by atoms with Gasteiger partial charge in [0.15, 0.2) is 5.71 Å². The first-order valence-corrected chi connectivity index (χ1v) is 12.0. The number of para-hydroxylation sites is 1. The molecule has 0 saturated heterocycles. The van der Waals surface area contributed by atoms with E-state index >= 15 is 0 Å². The fourth-order valence-corrected chi connectivity index (χ4v) is 4.41. The van der Waals surface area contributed by atoms with E-state index in [-0.39, 0.29) is 22.7 Å². The smallest absolute Gasteiger partial charge is 0.335 e. The number of anilines is 2. The number of carboxylic acids is 1. The molecule has 190 valence electrons. The lowest BCUT2D eigenvalue weighted by atomic mass is 9.96. The van der Waals surface area contributed by atoms with Crippen molar-refractivity contribution in [3.05, 3.63) is 101 Å². The minimum Gasteiger partial charge on any atom is -0.505 e. The molecule has 7 nitrogen and oxygen atoms in total. The van der Waals surface area contributed by atoms with Crippen molar-refractivity contribution in [3.63, 3.8) is 0 Å². The van der Waals surface area contributed by atoms with Crippen LogP contribution in [0, 0.1) is 5.82 Å². The number of halogens is 1. The van der Waals surface area contributed by atoms with Crippen molar-refractivity contribution in [1.82, 2.24) is 0 Å². The highest BCUT2D eigenvalue weighted by Crippen LogP contribution is 2.38. The van der Waals surface area contributed by atoms with Crippen LogP contribution in [-0.2, 0) is 4.79 Å². The summed E-state index contributed by atoms with van der Waals surface area (Å²) in [5.41, 5.74) is 7.03. The normalized spacial score (nSPS) is 13.5. The van der Waals surface area contributed by atoms with Gasteiger partial charge in [-0.15, -0.1) is 0 Å². The largest absolute Gasteiger partial charge is 0.505 e. The van der Waals surface area contributed by atoms with Crippen molar-refractivity contribution in [3.8, 4) is 28.0 Å². The van der Waals surface area contributed by atoms with Gasteiger partial charge in [0, 0.05) is 16.7 Å². The second-order valence-electron chi connectivity index (χ2n) is 9.27. The molecule has 4 N–H and O–H groups in total. The fourth-order valence-electron chi connectivity index (χ4n) is 4.41. The zero-order chi connectivity index (χ0) is 27.0. The Morgan fingerprint density at radius 3 is 2.34 bits per heavy atom. The van der Waals surface area contributed by atoms with Gasteiger partial charge in [0.1, 0.15) is 11.6 Å². The van der Waals surface area contributed by atoms with Crippen LogP contribution in [0.5, 0.6) is 5.75 Å². The van der Waals surface area contributed by atoms with Crippen LogP contribution in [-0.4, -0.2) is 27.8 Å². The Hall–Kier alpha value is -4.98. The first-order valence-electron chi connectivity index (χ1n) is 12.0. The Labute approximate surface area is 218 Å². The van der Waals surface area contributed by atoms with Gasteiger partial charge in [0.05, 0.1) is 16.9 Å². The molecule has 0 radical (unpaired) electrons. The number of fused-ring (bicyclic) bond motifs is 1. The Morgan fingerprint density at radius 2 is 1.63 bits per heavy atom. The Bertz CT molecular complexity index is 1610. The van der Waals surface area contributed by atoms with Crippen molar-refractivity contribution < 1.29 is 24.2 Å². The maximum absolute atomic E-state index is 14.7. The molecular formula is C30H24FN3O4. The number of hydrazone groups is 1. The monoisotopic (exact) mass is 509 g/mol. The van der Waals surface area contributed by atoms with Crippen molar-refractivity contribution >= 4 is 29.0 Å². The minimum atomic E-state index is -1.08. The molecule has 0 fully saturated rings. The zero-order valence-electron chi connectivity index (χ0n) is 20.6. The average molecular weight is 510 g/mol. The van der Waals surface area contributed by atoms with Crippen molar-refractivity contribution in [1.29, 1.82) is 0 Å². The number of rotatable bonds is 6. The molecule has 0 aromatic heterocycles. The Balaban J connectivity index is 1.49. The van der Waals surface area contributed by atoms with Crippen LogP contribution in [0.1, 0.15) is 41.3 Å². The number of carbonyl (C=O) groups is 2. The van der Waals surface area contributed by atoms with Crippen LogP contribution < -0.4 is 10.7 Å². The maximum atomic E-state index is 14.7. The molecule has 0 saturated carbocycles. The summed E-state index contributed by atoms with van der Waals surface area (Å²) in [7, 11) is 0. The van der Waals surface area contributed by atoms with Crippen LogP contribution >= 0.6 is 0 Å². The number of hydrogen-bond donors (Lipinski definition) is 4. The molecular weight excluding hydrogens is 485 g/mol. The first-order chi connectivity index (χ1) is 18.2. The standard InChI is InChI=1S/C30H24FN3O4/c1-16(2)17-9-11-18(12-10-17)23-14-21(31)15-24-26(23)32-29(36)27(24)34-33-25-8-4-7-22(28(25)35)19-5-3-6-20(13-19)30(37)38/h3-16,33,35H,1-2H3,(H,37,38)(H,32,34,36). The number of nitrogens with one attached hydrogen (secondary N) is 2. The zero-order valence-corrected chi connectivity index (χ0v) is 20.6. The van der Waals surface area contributed by atoms with E-state index in [2.05, 4.69) is 29.7 Å². The van der Waals surface area contributed by atoms with Crippen LogP contribution in [0.2, 0.25) is 0 Å². The number of amides is 1. The predicted molar refractivity (Wildman–Crippen MR) is 145 cm³/mol. The predicted octanol–water partition coefficient (Wildman–Crippen LogP) is 6.46. The number of aromatic carboxylic acids is 1. The van der Waals surface area contributed by atoms with Gasteiger partial charge >= 0.3 is 5.97 Å². The first kappa shape index (κ1) is 24.7. The van der Waals surface area contributed by atoms with E-state index in [1.54, 1.807) is 30.3 Å². The van der Waals surface area contributed by atoms with Gasteiger partial charge in [-0.3, -0.25) is 10.2 Å². The highest BCUT2D eigenvalue weighted by Gasteiger charge is 2.30. The van der Waals surface area contributed by atoms with Crippen molar-refractivity contribution in [2.75, 3.05) is 10.7 Å². The Morgan fingerprint density at radius 1 is 0.921 bits per heavy atom. The maximum Gasteiger partial charge on any atom is 0.335 e. The number of phenols is 1. The van der Waals surface area contributed by atoms with Gasteiger partial charge in [-0.05, 0) is 52.9 Å². The summed E-state index contributed by atoms with van der Waals surface area (Å²) < 4.78 is 14.7.